The van der Waals surface area contributed by atoms with E-state index in [1.807, 2.05) is 25.7 Å². The summed E-state index contributed by atoms with van der Waals surface area (Å²) in [5.74, 6) is 0.00921. The third kappa shape index (κ3) is 3.98. The molecular weight excluding hydrogens is 230 g/mol. The Bertz CT molecular complexity index is 315. The van der Waals surface area contributed by atoms with Gasteiger partial charge in [-0.2, -0.15) is 0 Å². The lowest BCUT2D eigenvalue weighted by Crippen LogP contribution is -2.54. The van der Waals surface area contributed by atoms with Crippen molar-refractivity contribution in [2.45, 2.75) is 52.6 Å². The highest BCUT2D eigenvalue weighted by molar-refractivity contribution is 5.82. The molecule has 0 aliphatic carbocycles. The Morgan fingerprint density at radius 1 is 1.28 bits per heavy atom. The number of carbonyl (C=O) groups is 2. The smallest absolute Gasteiger partial charge is 0.240 e. The summed E-state index contributed by atoms with van der Waals surface area (Å²) < 4.78 is 0. The average Bonchev–Trinajstić information content (AvgIpc) is 2.26. The van der Waals surface area contributed by atoms with E-state index < -0.39 is 6.04 Å². The molecule has 1 heterocycles. The molecule has 1 atom stereocenters. The van der Waals surface area contributed by atoms with E-state index in [9.17, 15) is 9.59 Å². The topological polar surface area (TPSA) is 75.4 Å². The van der Waals surface area contributed by atoms with Crippen LogP contribution in [0.1, 0.15) is 40.5 Å². The Balaban J connectivity index is 2.48. The summed E-state index contributed by atoms with van der Waals surface area (Å²) in [5.41, 5.74) is 5.76. The van der Waals surface area contributed by atoms with Crippen LogP contribution in [0.5, 0.6) is 0 Å². The zero-order valence-electron chi connectivity index (χ0n) is 11.8. The molecule has 0 saturated carbocycles. The second-order valence-corrected chi connectivity index (χ2v) is 6.14. The normalized spacial score (nSPS) is 19.5. The molecule has 0 bridgehead atoms. The van der Waals surface area contributed by atoms with Crippen molar-refractivity contribution in [1.82, 2.24) is 10.2 Å². The minimum Gasteiger partial charge on any atom is -0.353 e. The van der Waals surface area contributed by atoms with Gasteiger partial charge >= 0.3 is 0 Å². The zero-order valence-corrected chi connectivity index (χ0v) is 11.8. The summed E-state index contributed by atoms with van der Waals surface area (Å²) >= 11 is 0. The van der Waals surface area contributed by atoms with E-state index in [1.165, 1.54) is 6.92 Å². The third-order valence-corrected chi connectivity index (χ3v) is 3.41. The SMILES string of the molecule is CC(=O)NC1CCN(C(=O)C(N)C(C)(C)C)CC1. The number of nitrogens with two attached hydrogens (primary N) is 1. The summed E-state index contributed by atoms with van der Waals surface area (Å²) in [6.45, 7) is 8.78. The molecule has 1 saturated heterocycles. The number of hydrogen-bond acceptors (Lipinski definition) is 3. The number of nitrogens with one attached hydrogen (secondary N) is 1. The first-order chi connectivity index (χ1) is 8.21. The van der Waals surface area contributed by atoms with Gasteiger partial charge in [0.15, 0.2) is 0 Å². The van der Waals surface area contributed by atoms with Gasteiger partial charge in [0.2, 0.25) is 11.8 Å². The van der Waals surface area contributed by atoms with Crippen molar-refractivity contribution in [2.75, 3.05) is 13.1 Å². The monoisotopic (exact) mass is 255 g/mol. The number of carbonyl (C=O) groups excluding carboxylic acids is 2. The van der Waals surface area contributed by atoms with Crippen molar-refractivity contribution in [3.63, 3.8) is 0 Å². The van der Waals surface area contributed by atoms with Crippen molar-refractivity contribution < 1.29 is 9.59 Å². The van der Waals surface area contributed by atoms with Gasteiger partial charge in [-0.3, -0.25) is 9.59 Å². The highest BCUT2D eigenvalue weighted by Gasteiger charge is 2.32. The number of hydrogen-bond donors (Lipinski definition) is 2. The van der Waals surface area contributed by atoms with Gasteiger partial charge in [0.05, 0.1) is 6.04 Å². The summed E-state index contributed by atoms with van der Waals surface area (Å²) in [5, 5.41) is 2.89. The van der Waals surface area contributed by atoms with Gasteiger partial charge in [-0.15, -0.1) is 0 Å². The molecule has 0 radical (unpaired) electrons. The molecule has 1 rings (SSSR count). The molecule has 2 amide bonds. The predicted molar refractivity (Wildman–Crippen MR) is 70.8 cm³/mol. The lowest BCUT2D eigenvalue weighted by Gasteiger charge is -2.36. The van der Waals surface area contributed by atoms with E-state index in [2.05, 4.69) is 5.32 Å². The Morgan fingerprint density at radius 2 is 1.78 bits per heavy atom. The van der Waals surface area contributed by atoms with Crippen molar-refractivity contribution in [1.29, 1.82) is 0 Å². The fourth-order valence-electron chi connectivity index (χ4n) is 2.10. The van der Waals surface area contributed by atoms with Crippen LogP contribution in [-0.2, 0) is 9.59 Å². The third-order valence-electron chi connectivity index (χ3n) is 3.41. The molecule has 3 N–H and O–H groups in total. The van der Waals surface area contributed by atoms with E-state index >= 15 is 0 Å². The Kier molecular flexibility index (Phi) is 4.73. The molecule has 0 aromatic heterocycles. The van der Waals surface area contributed by atoms with Gasteiger partial charge in [0, 0.05) is 26.1 Å². The minimum atomic E-state index is -0.463. The second-order valence-electron chi connectivity index (χ2n) is 6.14. The van der Waals surface area contributed by atoms with Gasteiger partial charge in [0.25, 0.3) is 0 Å². The number of amides is 2. The molecule has 0 aromatic carbocycles. The molecule has 0 aromatic rings. The first-order valence-electron chi connectivity index (χ1n) is 6.53. The number of piperidine rings is 1. The largest absolute Gasteiger partial charge is 0.353 e. The van der Waals surface area contributed by atoms with E-state index in [4.69, 9.17) is 5.73 Å². The van der Waals surface area contributed by atoms with E-state index in [-0.39, 0.29) is 23.3 Å². The Labute approximate surface area is 109 Å². The number of likely N-dealkylation sites (tertiary alicyclic amines) is 1. The van der Waals surface area contributed by atoms with Gasteiger partial charge in [-0.1, -0.05) is 20.8 Å². The summed E-state index contributed by atoms with van der Waals surface area (Å²) in [4.78, 5) is 25.0. The van der Waals surface area contributed by atoms with Gasteiger partial charge in [-0.05, 0) is 18.3 Å². The molecule has 1 aliphatic rings. The fraction of sp³-hybridized carbons (Fsp3) is 0.846. The molecule has 5 heteroatoms. The highest BCUT2D eigenvalue weighted by atomic mass is 16.2. The molecule has 5 nitrogen and oxygen atoms in total. The van der Waals surface area contributed by atoms with Crippen LogP contribution in [0.25, 0.3) is 0 Å². The lowest BCUT2D eigenvalue weighted by molar-refractivity contribution is -0.136. The second kappa shape index (κ2) is 5.69. The van der Waals surface area contributed by atoms with Gasteiger partial charge in [-0.25, -0.2) is 0 Å². The Morgan fingerprint density at radius 3 is 2.17 bits per heavy atom. The molecule has 1 unspecified atom stereocenters. The van der Waals surface area contributed by atoms with Crippen molar-refractivity contribution in [2.24, 2.45) is 11.1 Å². The predicted octanol–water partition coefficient (Wildman–Crippen LogP) is 0.487. The minimum absolute atomic E-state index is 0.00818. The first-order valence-corrected chi connectivity index (χ1v) is 6.53. The maximum atomic E-state index is 12.2. The summed E-state index contributed by atoms with van der Waals surface area (Å²) in [7, 11) is 0. The van der Waals surface area contributed by atoms with Crippen LogP contribution in [0, 0.1) is 5.41 Å². The summed E-state index contributed by atoms with van der Waals surface area (Å²) in [6, 6.07) is -0.271. The average molecular weight is 255 g/mol. The number of nitrogens with zero attached hydrogens (tertiary/aromatic N) is 1. The van der Waals surface area contributed by atoms with Crippen molar-refractivity contribution in [3.8, 4) is 0 Å². The maximum Gasteiger partial charge on any atom is 0.240 e. The van der Waals surface area contributed by atoms with Crippen LogP contribution in [0.3, 0.4) is 0 Å². The molecule has 18 heavy (non-hydrogen) atoms. The van der Waals surface area contributed by atoms with E-state index in [0.717, 1.165) is 12.8 Å². The van der Waals surface area contributed by atoms with Crippen LogP contribution in [-0.4, -0.2) is 41.9 Å². The quantitative estimate of drug-likeness (QED) is 0.754. The van der Waals surface area contributed by atoms with Crippen LogP contribution < -0.4 is 11.1 Å². The zero-order chi connectivity index (χ0) is 13.9. The van der Waals surface area contributed by atoms with Crippen molar-refractivity contribution >= 4 is 11.8 Å². The Hall–Kier alpha value is -1.10. The summed E-state index contributed by atoms with van der Waals surface area (Å²) in [6.07, 6.45) is 1.62. The van der Waals surface area contributed by atoms with Gasteiger partial charge in [0.1, 0.15) is 0 Å². The molecule has 104 valence electrons. The van der Waals surface area contributed by atoms with Gasteiger partial charge < -0.3 is 16.0 Å². The molecular formula is C13H25N3O2. The molecule has 1 aliphatic heterocycles. The molecule has 0 spiro atoms. The first kappa shape index (κ1) is 15.0. The van der Waals surface area contributed by atoms with Crippen LogP contribution in [0.4, 0.5) is 0 Å². The van der Waals surface area contributed by atoms with Crippen LogP contribution >= 0.6 is 0 Å². The van der Waals surface area contributed by atoms with E-state index in [1.54, 1.807) is 0 Å². The lowest BCUT2D eigenvalue weighted by atomic mass is 9.86. The maximum absolute atomic E-state index is 12.2. The van der Waals surface area contributed by atoms with Crippen LogP contribution in [0.2, 0.25) is 0 Å². The highest BCUT2D eigenvalue weighted by Crippen LogP contribution is 2.21. The van der Waals surface area contributed by atoms with Crippen LogP contribution in [0.15, 0.2) is 0 Å². The van der Waals surface area contributed by atoms with Crippen molar-refractivity contribution in [3.05, 3.63) is 0 Å². The number of rotatable bonds is 2. The molecule has 1 fully saturated rings. The fourth-order valence-corrected chi connectivity index (χ4v) is 2.10. The van der Waals surface area contributed by atoms with E-state index in [0.29, 0.717) is 13.1 Å². The standard InChI is InChI=1S/C13H25N3O2/c1-9(17)15-10-5-7-16(8-6-10)12(18)11(14)13(2,3)4/h10-11H,5-8,14H2,1-4H3,(H,15,17).